The first-order valence-corrected chi connectivity index (χ1v) is 23.6. The van der Waals surface area contributed by atoms with Gasteiger partial charge in [-0.3, -0.25) is 18.6 Å². The molecule has 0 radical (unpaired) electrons. The number of aliphatic hydroxyl groups excluding tert-OH is 5. The van der Waals surface area contributed by atoms with Gasteiger partial charge in [0, 0.05) is 12.8 Å². The molecule has 6 N–H and O–H groups in total. The Morgan fingerprint density at radius 3 is 1.44 bits per heavy atom. The molecule has 1 aliphatic rings. The molecule has 13 nitrogen and oxygen atoms in total. The van der Waals surface area contributed by atoms with E-state index in [1.807, 2.05) is 0 Å². The van der Waals surface area contributed by atoms with E-state index in [0.717, 1.165) is 64.2 Å². The van der Waals surface area contributed by atoms with Gasteiger partial charge in [-0.15, -0.1) is 0 Å². The first-order valence-electron chi connectivity index (χ1n) is 22.1. The van der Waals surface area contributed by atoms with Crippen LogP contribution in [0.25, 0.3) is 0 Å². The Balaban J connectivity index is 2.49. The summed E-state index contributed by atoms with van der Waals surface area (Å²) in [6.45, 7) is 3.26. The Labute approximate surface area is 343 Å². The fourth-order valence-corrected chi connectivity index (χ4v) is 7.64. The number of rotatable bonds is 36. The highest BCUT2D eigenvalue weighted by Gasteiger charge is 2.51. The van der Waals surface area contributed by atoms with E-state index < -0.39 is 75.7 Å². The summed E-state index contributed by atoms with van der Waals surface area (Å²) in [5, 5.41) is 50.1. The number of ether oxygens (including phenoxy) is 2. The van der Waals surface area contributed by atoms with E-state index in [1.54, 1.807) is 0 Å². The Kier molecular flexibility index (Phi) is 31.9. The molecular weight excluding hydrogens is 755 g/mol. The van der Waals surface area contributed by atoms with Gasteiger partial charge in [0.05, 0.1) is 6.61 Å². The van der Waals surface area contributed by atoms with Crippen LogP contribution in [-0.2, 0) is 32.7 Å². The molecule has 1 rings (SSSR count). The molecule has 6 unspecified atom stereocenters. The summed E-state index contributed by atoms with van der Waals surface area (Å²) < 4.78 is 33.4. The van der Waals surface area contributed by atoms with Crippen molar-refractivity contribution >= 4 is 19.8 Å². The molecule has 0 aromatic carbocycles. The van der Waals surface area contributed by atoms with Crippen molar-refractivity contribution in [3.8, 4) is 0 Å². The zero-order valence-electron chi connectivity index (χ0n) is 35.1. The molecule has 0 aromatic heterocycles. The second kappa shape index (κ2) is 34.1. The van der Waals surface area contributed by atoms with Crippen molar-refractivity contribution in [2.24, 2.45) is 0 Å². The molecule has 6 atom stereocenters. The Hall–Kier alpha value is -1.67. The molecule has 0 saturated heterocycles. The van der Waals surface area contributed by atoms with Gasteiger partial charge in [0.25, 0.3) is 0 Å². The number of phosphoric acid groups is 1. The van der Waals surface area contributed by atoms with Gasteiger partial charge in [0.1, 0.15) is 43.2 Å². The maximum Gasteiger partial charge on any atom is 0.472 e. The number of esters is 2. The van der Waals surface area contributed by atoms with Crippen LogP contribution in [0.3, 0.4) is 0 Å². The molecule has 0 aromatic rings. The lowest BCUT2D eigenvalue weighted by Gasteiger charge is -2.41. The number of aliphatic hydroxyl groups is 5. The predicted octanol–water partition coefficient (Wildman–Crippen LogP) is 8.06. The number of unbranched alkanes of at least 4 members (excludes halogenated alkanes) is 20. The van der Waals surface area contributed by atoms with E-state index in [9.17, 15) is 44.6 Å². The molecule has 1 aliphatic carbocycles. The number of allylic oxidation sites excluding steroid dienone is 4. The quantitative estimate of drug-likeness (QED) is 0.0153. The number of carbonyl (C=O) groups is 2. The van der Waals surface area contributed by atoms with Gasteiger partial charge in [-0.05, 0) is 44.9 Å². The highest BCUT2D eigenvalue weighted by atomic mass is 31.2. The lowest BCUT2D eigenvalue weighted by Crippen LogP contribution is -2.64. The lowest BCUT2D eigenvalue weighted by atomic mass is 9.85. The monoisotopic (exact) mass is 835 g/mol. The molecule has 1 fully saturated rings. The average molecular weight is 835 g/mol. The van der Waals surface area contributed by atoms with Gasteiger partial charge < -0.3 is 39.9 Å². The fraction of sp³-hybridized carbons (Fsp3) is 0.860. The summed E-state index contributed by atoms with van der Waals surface area (Å²) in [7, 11) is -5.11. The average Bonchev–Trinajstić information content (AvgIpc) is 3.19. The van der Waals surface area contributed by atoms with Gasteiger partial charge in [-0.2, -0.15) is 0 Å². The molecule has 1 saturated carbocycles. The number of carbonyl (C=O) groups excluding carboxylic acids is 2. The van der Waals surface area contributed by atoms with Crippen molar-refractivity contribution in [3.05, 3.63) is 24.3 Å². The van der Waals surface area contributed by atoms with Crippen molar-refractivity contribution in [2.75, 3.05) is 13.2 Å². The minimum absolute atomic E-state index is 0.0832. The minimum Gasteiger partial charge on any atom is -0.462 e. The SMILES string of the molecule is CCCCCC/C=C\C/C=C\CCCCCCCC(=O)OC(COC(=O)CCCCCCCCCCCCCC)COP(=O)(O)OC1C(O)C(O)C(O)C(O)C1O. The molecular formula is C43H79O13P. The standard InChI is InChI=1S/C43H79O13P/c1-3-5-7-9-11-13-15-17-18-19-20-22-24-26-28-30-32-37(45)55-35(33-53-36(44)31-29-27-25-23-21-16-14-12-10-8-6-4-2)34-54-57(51,52)56-43-41(49)39(47)38(46)40(48)42(43)50/h13,15,18-19,35,38-43,46-50H,3-12,14,16-17,20-34H2,1-2H3,(H,51,52)/b15-13-,19-18-. The van der Waals surface area contributed by atoms with Crippen molar-refractivity contribution in [1.82, 2.24) is 0 Å². The summed E-state index contributed by atoms with van der Waals surface area (Å²) in [6, 6.07) is 0. The van der Waals surface area contributed by atoms with Gasteiger partial charge in [-0.1, -0.05) is 147 Å². The lowest BCUT2D eigenvalue weighted by molar-refractivity contribution is -0.220. The maximum absolute atomic E-state index is 12.8. The number of hydrogen-bond acceptors (Lipinski definition) is 12. The summed E-state index contributed by atoms with van der Waals surface area (Å²) >= 11 is 0. The second-order valence-corrected chi connectivity index (χ2v) is 17.0. The third kappa shape index (κ3) is 26.9. The molecule has 0 heterocycles. The van der Waals surface area contributed by atoms with Crippen LogP contribution >= 0.6 is 7.82 Å². The van der Waals surface area contributed by atoms with Crippen LogP contribution in [-0.4, -0.2) is 98.3 Å². The Morgan fingerprint density at radius 1 is 0.544 bits per heavy atom. The van der Waals surface area contributed by atoms with Crippen molar-refractivity contribution in [2.45, 2.75) is 224 Å². The molecule has 0 bridgehead atoms. The Morgan fingerprint density at radius 2 is 0.947 bits per heavy atom. The van der Waals surface area contributed by atoms with Crippen LogP contribution in [0.4, 0.5) is 0 Å². The van der Waals surface area contributed by atoms with Crippen LogP contribution in [0, 0.1) is 0 Å². The number of phosphoric ester groups is 1. The van der Waals surface area contributed by atoms with Crippen LogP contribution in [0.5, 0.6) is 0 Å². The molecule has 334 valence electrons. The number of hydrogen-bond donors (Lipinski definition) is 6. The predicted molar refractivity (Wildman–Crippen MR) is 221 cm³/mol. The smallest absolute Gasteiger partial charge is 0.462 e. The van der Waals surface area contributed by atoms with Crippen LogP contribution in [0.2, 0.25) is 0 Å². The minimum atomic E-state index is -5.11. The summed E-state index contributed by atoms with van der Waals surface area (Å²) in [6.07, 6.45) is 22.3. The van der Waals surface area contributed by atoms with Crippen LogP contribution in [0.1, 0.15) is 181 Å². The van der Waals surface area contributed by atoms with E-state index in [1.165, 1.54) is 77.0 Å². The fourth-order valence-electron chi connectivity index (χ4n) is 6.67. The zero-order chi connectivity index (χ0) is 42.2. The molecule has 14 heteroatoms. The summed E-state index contributed by atoms with van der Waals surface area (Å²) in [4.78, 5) is 35.6. The van der Waals surface area contributed by atoms with Gasteiger partial charge in [-0.25, -0.2) is 4.57 Å². The summed E-state index contributed by atoms with van der Waals surface area (Å²) in [5.74, 6) is -1.11. The van der Waals surface area contributed by atoms with E-state index in [0.29, 0.717) is 12.8 Å². The molecule has 57 heavy (non-hydrogen) atoms. The highest BCUT2D eigenvalue weighted by Crippen LogP contribution is 2.47. The highest BCUT2D eigenvalue weighted by molar-refractivity contribution is 7.47. The molecule has 0 amide bonds. The largest absolute Gasteiger partial charge is 0.472 e. The molecule has 0 aliphatic heterocycles. The summed E-state index contributed by atoms with van der Waals surface area (Å²) in [5.41, 5.74) is 0. The first-order chi connectivity index (χ1) is 27.4. The first kappa shape index (κ1) is 53.3. The Bertz CT molecular complexity index is 1100. The van der Waals surface area contributed by atoms with Crippen molar-refractivity contribution in [1.29, 1.82) is 0 Å². The van der Waals surface area contributed by atoms with Crippen LogP contribution < -0.4 is 0 Å². The maximum atomic E-state index is 12.8. The van der Waals surface area contributed by atoms with Gasteiger partial charge in [0.15, 0.2) is 6.10 Å². The zero-order valence-corrected chi connectivity index (χ0v) is 36.0. The van der Waals surface area contributed by atoms with Gasteiger partial charge >= 0.3 is 19.8 Å². The van der Waals surface area contributed by atoms with E-state index in [2.05, 4.69) is 38.2 Å². The van der Waals surface area contributed by atoms with E-state index >= 15 is 0 Å². The van der Waals surface area contributed by atoms with Gasteiger partial charge in [0.2, 0.25) is 0 Å². The normalized spacial score (nSPS) is 22.9. The topological polar surface area (TPSA) is 210 Å². The van der Waals surface area contributed by atoms with E-state index in [4.69, 9.17) is 18.5 Å². The third-order valence-corrected chi connectivity index (χ3v) is 11.3. The van der Waals surface area contributed by atoms with E-state index in [-0.39, 0.29) is 12.8 Å². The second-order valence-electron chi connectivity index (χ2n) is 15.6. The van der Waals surface area contributed by atoms with Crippen molar-refractivity contribution < 1.29 is 63.1 Å². The van der Waals surface area contributed by atoms with Crippen molar-refractivity contribution in [3.63, 3.8) is 0 Å². The molecule has 0 spiro atoms. The third-order valence-electron chi connectivity index (χ3n) is 10.3. The van der Waals surface area contributed by atoms with Crippen LogP contribution in [0.15, 0.2) is 24.3 Å².